The molecule has 0 N–H and O–H groups in total. The summed E-state index contributed by atoms with van der Waals surface area (Å²) in [4.78, 5) is 11.1. The molecule has 0 amide bonds. The summed E-state index contributed by atoms with van der Waals surface area (Å²) in [5.41, 5.74) is 9.37. The second-order valence-electron chi connectivity index (χ2n) is 10.7. The number of hydrogen-bond donors (Lipinski definition) is 0. The standard InChI is InChI=1S/C30H46O2/c1-23(11-7-12-24(2)15-9-17-27-21-29(31)32-22-27)13-8-14-25(3)18-19-28-26(4)16-10-20-30(28,5)6/h11,14-15,21H,7-10,12-13,16-20,22H2,1-6H3. The Hall–Kier alpha value is -1.83. The van der Waals surface area contributed by atoms with Crippen LogP contribution in [-0.4, -0.2) is 12.6 Å². The maximum atomic E-state index is 11.1. The van der Waals surface area contributed by atoms with Crippen LogP contribution in [0.15, 0.2) is 57.7 Å². The fourth-order valence-electron chi connectivity index (χ4n) is 5.01. The van der Waals surface area contributed by atoms with E-state index in [1.54, 1.807) is 22.8 Å². The zero-order valence-corrected chi connectivity index (χ0v) is 21.6. The topological polar surface area (TPSA) is 26.3 Å². The molecule has 1 aliphatic carbocycles. The van der Waals surface area contributed by atoms with Crippen LogP contribution >= 0.6 is 0 Å². The molecule has 2 aliphatic rings. The monoisotopic (exact) mass is 438 g/mol. The van der Waals surface area contributed by atoms with Gasteiger partial charge in [0.15, 0.2) is 0 Å². The predicted molar refractivity (Wildman–Crippen MR) is 138 cm³/mol. The van der Waals surface area contributed by atoms with E-state index in [0.717, 1.165) is 44.1 Å². The van der Waals surface area contributed by atoms with Gasteiger partial charge in [-0.25, -0.2) is 4.79 Å². The molecule has 0 saturated heterocycles. The number of esters is 1. The van der Waals surface area contributed by atoms with E-state index in [9.17, 15) is 4.79 Å². The molecule has 178 valence electrons. The van der Waals surface area contributed by atoms with Gasteiger partial charge in [0.05, 0.1) is 0 Å². The van der Waals surface area contributed by atoms with Gasteiger partial charge in [0.1, 0.15) is 6.61 Å². The third-order valence-corrected chi connectivity index (χ3v) is 7.20. The fourth-order valence-corrected chi connectivity index (χ4v) is 5.01. The van der Waals surface area contributed by atoms with Crippen molar-refractivity contribution in [2.75, 3.05) is 6.61 Å². The van der Waals surface area contributed by atoms with Crippen LogP contribution in [0.25, 0.3) is 0 Å². The number of allylic oxidation sites excluding steroid dienone is 8. The van der Waals surface area contributed by atoms with E-state index >= 15 is 0 Å². The van der Waals surface area contributed by atoms with E-state index in [0.29, 0.717) is 12.0 Å². The number of ether oxygens (including phenoxy) is 1. The van der Waals surface area contributed by atoms with Crippen LogP contribution in [-0.2, 0) is 9.53 Å². The first-order chi connectivity index (χ1) is 15.2. The van der Waals surface area contributed by atoms with Gasteiger partial charge >= 0.3 is 5.97 Å². The van der Waals surface area contributed by atoms with Gasteiger partial charge in [-0.3, -0.25) is 0 Å². The number of rotatable bonds is 12. The molecule has 0 radical (unpaired) electrons. The minimum absolute atomic E-state index is 0.188. The van der Waals surface area contributed by atoms with Crippen molar-refractivity contribution in [1.82, 2.24) is 0 Å². The first kappa shape index (κ1) is 26.4. The molecule has 0 saturated carbocycles. The van der Waals surface area contributed by atoms with E-state index in [4.69, 9.17) is 4.74 Å². The molecule has 0 bridgehead atoms. The second kappa shape index (κ2) is 13.0. The summed E-state index contributed by atoms with van der Waals surface area (Å²) in [5, 5.41) is 0. The van der Waals surface area contributed by atoms with E-state index in [2.05, 4.69) is 59.8 Å². The van der Waals surface area contributed by atoms with Gasteiger partial charge in [-0.15, -0.1) is 0 Å². The largest absolute Gasteiger partial charge is 0.458 e. The predicted octanol–water partition coefficient (Wildman–Crippen LogP) is 8.96. The van der Waals surface area contributed by atoms with Crippen molar-refractivity contribution < 1.29 is 9.53 Å². The molecule has 0 atom stereocenters. The Morgan fingerprint density at radius 2 is 1.53 bits per heavy atom. The highest BCUT2D eigenvalue weighted by atomic mass is 16.5. The van der Waals surface area contributed by atoms with E-state index in [1.807, 2.05) is 0 Å². The van der Waals surface area contributed by atoms with Gasteiger partial charge < -0.3 is 4.74 Å². The molecule has 2 nitrogen and oxygen atoms in total. The van der Waals surface area contributed by atoms with Gasteiger partial charge in [-0.05, 0) is 109 Å². The Kier molecular flexibility index (Phi) is 10.7. The lowest BCUT2D eigenvalue weighted by atomic mass is 9.71. The molecule has 0 unspecified atom stereocenters. The summed E-state index contributed by atoms with van der Waals surface area (Å²) in [6, 6.07) is 0. The van der Waals surface area contributed by atoms with E-state index < -0.39 is 0 Å². The van der Waals surface area contributed by atoms with Gasteiger partial charge in [-0.1, -0.05) is 59.9 Å². The Morgan fingerprint density at radius 1 is 0.938 bits per heavy atom. The minimum atomic E-state index is -0.188. The molecule has 0 aromatic rings. The van der Waals surface area contributed by atoms with Crippen molar-refractivity contribution in [3.05, 3.63) is 57.7 Å². The lowest BCUT2D eigenvalue weighted by Crippen LogP contribution is -2.20. The van der Waals surface area contributed by atoms with E-state index in [-0.39, 0.29) is 5.97 Å². The third-order valence-electron chi connectivity index (χ3n) is 7.20. The first-order valence-electron chi connectivity index (χ1n) is 12.7. The summed E-state index contributed by atoms with van der Waals surface area (Å²) in [6.45, 7) is 14.5. The molecule has 0 spiro atoms. The van der Waals surface area contributed by atoms with Crippen LogP contribution in [0, 0.1) is 5.41 Å². The third kappa shape index (κ3) is 9.35. The van der Waals surface area contributed by atoms with Crippen LogP contribution in [0.1, 0.15) is 112 Å². The van der Waals surface area contributed by atoms with Crippen molar-refractivity contribution in [1.29, 1.82) is 0 Å². The number of carbonyl (C=O) groups is 1. The minimum Gasteiger partial charge on any atom is -0.458 e. The number of cyclic esters (lactones) is 1. The Labute approximate surface area is 197 Å². The van der Waals surface area contributed by atoms with Crippen LogP contribution in [0.2, 0.25) is 0 Å². The lowest BCUT2D eigenvalue weighted by molar-refractivity contribution is -0.134. The average Bonchev–Trinajstić information content (AvgIpc) is 3.12. The lowest BCUT2D eigenvalue weighted by Gasteiger charge is -2.35. The molecule has 2 heteroatoms. The van der Waals surface area contributed by atoms with Crippen molar-refractivity contribution in [3.63, 3.8) is 0 Å². The molecule has 0 aromatic carbocycles. The van der Waals surface area contributed by atoms with Crippen LogP contribution in [0.4, 0.5) is 0 Å². The average molecular weight is 439 g/mol. The maximum Gasteiger partial charge on any atom is 0.331 e. The van der Waals surface area contributed by atoms with Crippen molar-refractivity contribution in [2.24, 2.45) is 5.41 Å². The molecule has 32 heavy (non-hydrogen) atoms. The zero-order chi connectivity index (χ0) is 23.6. The summed E-state index contributed by atoms with van der Waals surface area (Å²) in [7, 11) is 0. The van der Waals surface area contributed by atoms with Gasteiger partial charge in [-0.2, -0.15) is 0 Å². The van der Waals surface area contributed by atoms with Crippen molar-refractivity contribution >= 4 is 5.97 Å². The molecule has 1 aliphatic heterocycles. The summed E-state index contributed by atoms with van der Waals surface area (Å²) in [5.74, 6) is -0.188. The molecular formula is C30H46O2. The van der Waals surface area contributed by atoms with Crippen molar-refractivity contribution in [3.8, 4) is 0 Å². The number of hydrogen-bond acceptors (Lipinski definition) is 2. The molecule has 2 rings (SSSR count). The smallest absolute Gasteiger partial charge is 0.331 e. The Morgan fingerprint density at radius 3 is 2.09 bits per heavy atom. The van der Waals surface area contributed by atoms with Crippen LogP contribution < -0.4 is 0 Å². The highest BCUT2D eigenvalue weighted by Gasteiger charge is 2.27. The summed E-state index contributed by atoms with van der Waals surface area (Å²) >= 11 is 0. The number of carbonyl (C=O) groups excluding carboxylic acids is 1. The van der Waals surface area contributed by atoms with Crippen LogP contribution in [0.5, 0.6) is 0 Å². The first-order valence-corrected chi connectivity index (χ1v) is 12.7. The van der Waals surface area contributed by atoms with Gasteiger partial charge in [0.2, 0.25) is 0 Å². The van der Waals surface area contributed by atoms with Gasteiger partial charge in [0, 0.05) is 6.08 Å². The molecule has 0 aromatic heterocycles. The summed E-state index contributed by atoms with van der Waals surface area (Å²) < 4.78 is 4.95. The second-order valence-corrected chi connectivity index (χ2v) is 10.7. The maximum absolute atomic E-state index is 11.1. The van der Waals surface area contributed by atoms with Crippen molar-refractivity contribution in [2.45, 2.75) is 112 Å². The SMILES string of the molecule is CC(=CCCC(C)=CCCC1=CC(=O)OC1)CCC=C(C)CCC1=C(C)CCCC1(C)C. The van der Waals surface area contributed by atoms with E-state index in [1.165, 1.54) is 43.3 Å². The Balaban J connectivity index is 1.65. The normalized spacial score (nSPS) is 20.0. The quantitative estimate of drug-likeness (QED) is 0.224. The van der Waals surface area contributed by atoms with Gasteiger partial charge in [0.25, 0.3) is 0 Å². The zero-order valence-electron chi connectivity index (χ0n) is 21.6. The highest BCUT2D eigenvalue weighted by Crippen LogP contribution is 2.42. The molecular weight excluding hydrogens is 392 g/mol. The summed E-state index contributed by atoms with van der Waals surface area (Å²) in [6.07, 6.45) is 21.7. The fraction of sp³-hybridized carbons (Fsp3) is 0.633. The Bertz CT molecular complexity index is 799. The highest BCUT2D eigenvalue weighted by molar-refractivity contribution is 5.85. The molecule has 1 heterocycles. The van der Waals surface area contributed by atoms with Crippen LogP contribution in [0.3, 0.4) is 0 Å². The molecule has 0 fully saturated rings.